The fraction of sp³-hybridized carbons (Fsp3) is 0. The van der Waals surface area contributed by atoms with Gasteiger partial charge in [-0.25, -0.2) is 0 Å². The third-order valence-corrected chi connectivity index (χ3v) is 4.69. The molecule has 0 aliphatic heterocycles. The van der Waals surface area contributed by atoms with Crippen LogP contribution in [0.15, 0.2) is 97.6 Å². The summed E-state index contributed by atoms with van der Waals surface area (Å²) in [5.41, 5.74) is 3.91. The Morgan fingerprint density at radius 3 is 0.905 bits per heavy atom. The van der Waals surface area contributed by atoms with Crippen molar-refractivity contribution in [2.24, 2.45) is 0 Å². The van der Waals surface area contributed by atoms with Crippen LogP contribution in [0.2, 0.25) is 0 Å². The maximum absolute atomic E-state index is 8.77. The predicted molar refractivity (Wildman–Crippen MR) is 153 cm³/mol. The average molecular weight is 652 g/mol. The minimum Gasteiger partial charge on any atom is -0.756 e. The van der Waals surface area contributed by atoms with Crippen LogP contribution in [-0.2, 0) is 32.3 Å². The largest absolute Gasteiger partial charge is 2.00 e. The molecule has 0 aliphatic rings. The Labute approximate surface area is 247 Å². The van der Waals surface area contributed by atoms with Gasteiger partial charge in [-0.3, -0.25) is 24.5 Å². The molecule has 6 aromatic rings. The second-order valence-electron chi connectivity index (χ2n) is 7.15. The van der Waals surface area contributed by atoms with E-state index in [9.17, 15) is 0 Å². The van der Waals surface area contributed by atoms with Crippen LogP contribution >= 0.6 is 7.82 Å². The quantitative estimate of drug-likeness (QED) is 0.0737. The fourth-order valence-corrected chi connectivity index (χ4v) is 3.36. The molecule has 18 heteroatoms. The zero-order chi connectivity index (χ0) is 26.8. The van der Waals surface area contributed by atoms with Crippen molar-refractivity contribution >= 4 is 51.4 Å². The van der Waals surface area contributed by atoms with E-state index >= 15 is 0 Å². The Morgan fingerprint density at radius 2 is 0.738 bits per heavy atom. The first-order chi connectivity index (χ1) is 17.6. The minimum atomic E-state index is -4.89. The van der Waals surface area contributed by atoms with Crippen molar-refractivity contribution in [3.63, 3.8) is 0 Å². The van der Waals surface area contributed by atoms with Crippen LogP contribution in [0.3, 0.4) is 0 Å². The van der Waals surface area contributed by atoms with Crippen LogP contribution < -0.4 is 4.89 Å². The van der Waals surface area contributed by atoms with Crippen LogP contribution in [0.25, 0.3) is 43.6 Å². The van der Waals surface area contributed by atoms with E-state index in [4.69, 9.17) is 34.6 Å². The Morgan fingerprint density at radius 1 is 0.571 bits per heavy atom. The second kappa shape index (κ2) is 19.8. The van der Waals surface area contributed by atoms with Gasteiger partial charge in [0.1, 0.15) is 0 Å². The summed E-state index contributed by atoms with van der Waals surface area (Å²) in [5, 5.41) is 19.3. The van der Waals surface area contributed by atoms with Crippen molar-refractivity contribution in [3.05, 3.63) is 113 Å². The molecule has 0 atom stereocenters. The van der Waals surface area contributed by atoms with Gasteiger partial charge in [0, 0.05) is 46.3 Å². The molecule has 42 heavy (non-hydrogen) atoms. The number of nitrogens with zero attached hydrogens (tertiary/aromatic N) is 5. The topological polar surface area (TPSA) is 327 Å². The van der Waals surface area contributed by atoms with Gasteiger partial charge in [-0.05, 0) is 24.3 Å². The van der Waals surface area contributed by atoms with E-state index in [1.54, 1.807) is 24.8 Å². The first-order valence-corrected chi connectivity index (χ1v) is 11.9. The SMILES string of the molecule is O.O.O=P([O-])(O)O.O=[N+]([O-])[O-].[Co+2].[OH3+].[OH3+].c1cnc2c(c1)ccc1cccnc12.c1cnc2c(c1)ccc1cccnc12. The van der Waals surface area contributed by atoms with Gasteiger partial charge in [-0.1, -0.05) is 48.5 Å². The number of phosphoric acid groups is 1. The molecule has 12 N–H and O–H groups in total. The molecule has 0 aliphatic carbocycles. The molecule has 4 aromatic heterocycles. The first-order valence-electron chi connectivity index (χ1n) is 10.4. The molecule has 0 saturated heterocycles. The Balaban J connectivity index is -0.000000519. The van der Waals surface area contributed by atoms with E-state index in [-0.39, 0.29) is 38.7 Å². The van der Waals surface area contributed by atoms with Gasteiger partial charge in [0.15, 0.2) is 0 Å². The van der Waals surface area contributed by atoms with Gasteiger partial charge in [0.2, 0.25) is 0 Å². The summed E-state index contributed by atoms with van der Waals surface area (Å²) < 4.78 is 8.77. The average Bonchev–Trinajstić information content (AvgIpc) is 2.88. The monoisotopic (exact) mass is 652 g/mol. The summed E-state index contributed by atoms with van der Waals surface area (Å²) in [6.45, 7) is 0. The Kier molecular flexibility index (Phi) is 19.8. The molecule has 0 fully saturated rings. The van der Waals surface area contributed by atoms with Crippen LogP contribution in [0, 0.1) is 15.3 Å². The Bertz CT molecular complexity index is 1490. The van der Waals surface area contributed by atoms with Crippen molar-refractivity contribution in [3.8, 4) is 0 Å². The third-order valence-electron chi connectivity index (χ3n) is 4.69. The molecular formula is C24H28CoN5O11P+2. The molecule has 2 aromatic carbocycles. The van der Waals surface area contributed by atoms with Crippen molar-refractivity contribution in [2.45, 2.75) is 0 Å². The molecule has 6 rings (SSSR count). The smallest absolute Gasteiger partial charge is 0.756 e. The van der Waals surface area contributed by atoms with Crippen LogP contribution in [0.1, 0.15) is 0 Å². The summed E-state index contributed by atoms with van der Waals surface area (Å²) in [5.74, 6) is 0. The van der Waals surface area contributed by atoms with Crippen LogP contribution in [0.5, 0.6) is 0 Å². The zero-order valence-corrected chi connectivity index (χ0v) is 23.3. The van der Waals surface area contributed by atoms with Gasteiger partial charge in [0.05, 0.1) is 27.2 Å². The normalized spacial score (nSPS) is 9.21. The van der Waals surface area contributed by atoms with Crippen molar-refractivity contribution < 1.29 is 63.0 Å². The molecule has 0 spiro atoms. The van der Waals surface area contributed by atoms with Crippen molar-refractivity contribution in [1.82, 2.24) is 19.9 Å². The molecule has 16 nitrogen and oxygen atoms in total. The number of hydrogen-bond donors (Lipinski definition) is 2. The van der Waals surface area contributed by atoms with Gasteiger partial charge in [0.25, 0.3) is 7.82 Å². The van der Waals surface area contributed by atoms with Gasteiger partial charge in [-0.2, -0.15) is 0 Å². The summed E-state index contributed by atoms with van der Waals surface area (Å²) >= 11 is 0. The molecule has 0 saturated carbocycles. The van der Waals surface area contributed by atoms with E-state index < -0.39 is 12.9 Å². The maximum atomic E-state index is 8.77. The van der Waals surface area contributed by atoms with Gasteiger partial charge < -0.3 is 51.9 Å². The third kappa shape index (κ3) is 12.9. The van der Waals surface area contributed by atoms with Crippen LogP contribution in [-0.4, -0.2) is 45.8 Å². The number of fused-ring (bicyclic) bond motifs is 6. The first kappa shape index (κ1) is 42.2. The summed E-state index contributed by atoms with van der Waals surface area (Å²) in [4.78, 5) is 48.6. The number of hydrogen-bond acceptors (Lipinski definition) is 9. The van der Waals surface area contributed by atoms with Crippen molar-refractivity contribution in [1.29, 1.82) is 0 Å². The molecule has 1 radical (unpaired) electrons. The van der Waals surface area contributed by atoms with Gasteiger partial charge >= 0.3 is 16.8 Å². The van der Waals surface area contributed by atoms with E-state index in [0.717, 1.165) is 43.6 Å². The number of pyridine rings is 4. The molecule has 4 heterocycles. The molecule has 0 amide bonds. The van der Waals surface area contributed by atoms with E-state index in [2.05, 4.69) is 68.5 Å². The van der Waals surface area contributed by atoms with Crippen LogP contribution in [0.4, 0.5) is 0 Å². The molecule has 227 valence electrons. The summed E-state index contributed by atoms with van der Waals surface area (Å²) in [6.07, 6.45) is 7.21. The summed E-state index contributed by atoms with van der Waals surface area (Å²) in [6, 6.07) is 24.3. The fourth-order valence-electron chi connectivity index (χ4n) is 3.36. The predicted octanol–water partition coefficient (Wildman–Crippen LogP) is 0.271. The standard InChI is InChI=1S/2C12H8N2.Co.NO3.H3O4P.4H2O/c2*1-3-9-5-6-10-4-2-8-14-12(10)11(9)13-7-1;;2-1(3)4;1-5(2,3)4;;;;/h2*1-8H;;;(H3,1,2,3,4);4*1H2/q;;+2;-1;;;;;/p+1. The number of rotatable bonds is 0. The van der Waals surface area contributed by atoms with E-state index in [0.29, 0.717) is 0 Å². The van der Waals surface area contributed by atoms with Gasteiger partial charge in [-0.15, -0.1) is 0 Å². The second-order valence-corrected chi connectivity index (χ2v) is 8.13. The van der Waals surface area contributed by atoms with E-state index in [1.807, 2.05) is 24.3 Å². The molecular weight excluding hydrogens is 624 g/mol. The molecule has 0 bridgehead atoms. The van der Waals surface area contributed by atoms with Crippen molar-refractivity contribution in [2.75, 3.05) is 0 Å². The minimum absolute atomic E-state index is 0. The number of benzene rings is 2. The maximum Gasteiger partial charge on any atom is 2.00 e. The molecule has 0 unspecified atom stereocenters. The van der Waals surface area contributed by atoms with E-state index in [1.165, 1.54) is 0 Å². The number of aromatic nitrogens is 4. The Hall–Kier alpha value is -4.26. The zero-order valence-electron chi connectivity index (χ0n) is 21.3. The summed E-state index contributed by atoms with van der Waals surface area (Å²) in [7, 11) is -4.89.